The molecule has 0 saturated heterocycles. The molecule has 3 aromatic rings. The highest BCUT2D eigenvalue weighted by molar-refractivity contribution is 5.69. The topological polar surface area (TPSA) is 22.1 Å². The van der Waals surface area contributed by atoms with Crippen LogP contribution in [0.2, 0.25) is 0 Å². The summed E-state index contributed by atoms with van der Waals surface area (Å²) in [5, 5.41) is 0. The number of alkyl halides is 3. The minimum atomic E-state index is -4.80. The molecule has 0 N–H and O–H groups in total. The summed E-state index contributed by atoms with van der Waals surface area (Å²) >= 11 is 0. The Morgan fingerprint density at radius 3 is 2.19 bits per heavy atom. The Labute approximate surface area is 152 Å². The second-order valence-electron chi connectivity index (χ2n) is 5.89. The highest BCUT2D eigenvalue weighted by Gasteiger charge is 2.37. The number of rotatable bonds is 3. The van der Waals surface area contributed by atoms with Gasteiger partial charge in [-0.05, 0) is 30.7 Å². The van der Waals surface area contributed by atoms with Crippen molar-refractivity contribution in [3.8, 4) is 28.1 Å². The fourth-order valence-electron chi connectivity index (χ4n) is 2.79. The van der Waals surface area contributed by atoms with Crippen LogP contribution in [0.3, 0.4) is 0 Å². The number of aryl methyl sites for hydroxylation is 1. The Morgan fingerprint density at radius 1 is 0.926 bits per heavy atom. The molecule has 2 nitrogen and oxygen atoms in total. The number of ether oxygens (including phenoxy) is 1. The van der Waals surface area contributed by atoms with E-state index in [4.69, 9.17) is 4.74 Å². The fourth-order valence-corrected chi connectivity index (χ4v) is 2.79. The van der Waals surface area contributed by atoms with E-state index in [1.165, 1.54) is 56.6 Å². The summed E-state index contributed by atoms with van der Waals surface area (Å²) in [7, 11) is 1.41. The van der Waals surface area contributed by atoms with Gasteiger partial charge in [-0.1, -0.05) is 18.2 Å². The van der Waals surface area contributed by atoms with Crippen LogP contribution < -0.4 is 4.74 Å². The molecule has 140 valence electrons. The van der Waals surface area contributed by atoms with Crippen LogP contribution in [0.5, 0.6) is 5.75 Å². The minimum Gasteiger partial charge on any atom is -0.497 e. The number of methoxy groups -OCH3 is 1. The van der Waals surface area contributed by atoms with Crippen molar-refractivity contribution in [1.29, 1.82) is 0 Å². The van der Waals surface area contributed by atoms with E-state index in [9.17, 15) is 22.0 Å². The lowest BCUT2D eigenvalue weighted by Crippen LogP contribution is -2.11. The number of hydrogen-bond acceptors (Lipinski definition) is 2. The second kappa shape index (κ2) is 6.98. The summed E-state index contributed by atoms with van der Waals surface area (Å²) in [5.74, 6) is -1.57. The molecule has 0 radical (unpaired) electrons. The van der Waals surface area contributed by atoms with Crippen molar-refractivity contribution in [3.05, 3.63) is 71.4 Å². The van der Waals surface area contributed by atoms with Crippen LogP contribution in [0.4, 0.5) is 22.0 Å². The second-order valence-corrected chi connectivity index (χ2v) is 5.89. The van der Waals surface area contributed by atoms with Gasteiger partial charge in [-0.25, -0.2) is 8.78 Å². The van der Waals surface area contributed by atoms with Crippen LogP contribution in [-0.2, 0) is 6.18 Å². The standard InChI is InChI=1S/C20H14F5NO/c1-11-3-6-14(19(22)18(11)20(23,24)25)12-4-8-17(26-10-12)15-7-5-13(27-2)9-16(15)21/h3-10H,1-2H3. The SMILES string of the molecule is COc1ccc(-c2ccc(-c3ccc(C)c(C(F)(F)F)c3F)cn2)c(F)c1. The molecule has 1 heterocycles. The summed E-state index contributed by atoms with van der Waals surface area (Å²) in [6, 6.07) is 9.53. The molecule has 2 aromatic carbocycles. The molecule has 0 amide bonds. The van der Waals surface area contributed by atoms with Crippen molar-refractivity contribution >= 4 is 0 Å². The van der Waals surface area contributed by atoms with Gasteiger partial charge in [0.25, 0.3) is 0 Å². The molecule has 0 atom stereocenters. The maximum absolute atomic E-state index is 14.5. The Balaban J connectivity index is 2.02. The van der Waals surface area contributed by atoms with E-state index in [1.54, 1.807) is 6.07 Å². The van der Waals surface area contributed by atoms with E-state index in [0.29, 0.717) is 5.75 Å². The van der Waals surface area contributed by atoms with Crippen LogP contribution >= 0.6 is 0 Å². The van der Waals surface area contributed by atoms with Gasteiger partial charge in [0, 0.05) is 29.0 Å². The third kappa shape index (κ3) is 3.63. The molecular formula is C20H14F5NO. The first-order valence-electron chi connectivity index (χ1n) is 7.89. The van der Waals surface area contributed by atoms with Gasteiger partial charge >= 0.3 is 6.18 Å². The zero-order valence-electron chi connectivity index (χ0n) is 14.4. The van der Waals surface area contributed by atoms with E-state index in [0.717, 1.165) is 0 Å². The molecule has 7 heteroatoms. The average molecular weight is 379 g/mol. The molecule has 0 aliphatic carbocycles. The fraction of sp³-hybridized carbons (Fsp3) is 0.150. The van der Waals surface area contributed by atoms with Crippen LogP contribution in [0.25, 0.3) is 22.4 Å². The van der Waals surface area contributed by atoms with Gasteiger partial charge in [0.2, 0.25) is 0 Å². The molecule has 0 aliphatic heterocycles. The molecule has 27 heavy (non-hydrogen) atoms. The van der Waals surface area contributed by atoms with Gasteiger partial charge in [0.1, 0.15) is 17.4 Å². The predicted octanol–water partition coefficient (Wildman–Crippen LogP) is 6.03. The summed E-state index contributed by atoms with van der Waals surface area (Å²) < 4.78 is 72.8. The van der Waals surface area contributed by atoms with Crippen molar-refractivity contribution in [2.24, 2.45) is 0 Å². The predicted molar refractivity (Wildman–Crippen MR) is 91.3 cm³/mol. The Bertz CT molecular complexity index is 981. The number of hydrogen-bond donors (Lipinski definition) is 0. The molecule has 0 bridgehead atoms. The maximum Gasteiger partial charge on any atom is 0.419 e. The first-order chi connectivity index (χ1) is 12.7. The number of benzene rings is 2. The van der Waals surface area contributed by atoms with E-state index in [-0.39, 0.29) is 27.9 Å². The molecule has 1 aromatic heterocycles. The highest BCUT2D eigenvalue weighted by Crippen LogP contribution is 2.38. The molecular weight excluding hydrogens is 365 g/mol. The Hall–Kier alpha value is -2.96. The van der Waals surface area contributed by atoms with E-state index >= 15 is 0 Å². The van der Waals surface area contributed by atoms with Gasteiger partial charge in [-0.2, -0.15) is 13.2 Å². The van der Waals surface area contributed by atoms with Gasteiger partial charge in [0.15, 0.2) is 0 Å². The summed E-state index contributed by atoms with van der Waals surface area (Å²) in [6.07, 6.45) is -3.59. The zero-order valence-corrected chi connectivity index (χ0v) is 14.4. The number of halogens is 5. The largest absolute Gasteiger partial charge is 0.497 e. The van der Waals surface area contributed by atoms with Crippen molar-refractivity contribution in [1.82, 2.24) is 4.98 Å². The molecule has 3 rings (SSSR count). The summed E-state index contributed by atoms with van der Waals surface area (Å²) in [5.41, 5.74) is -1.10. The minimum absolute atomic E-state index is 0.163. The van der Waals surface area contributed by atoms with Gasteiger partial charge in [-0.15, -0.1) is 0 Å². The first-order valence-corrected chi connectivity index (χ1v) is 7.89. The van der Waals surface area contributed by atoms with Crippen molar-refractivity contribution in [2.75, 3.05) is 7.11 Å². The van der Waals surface area contributed by atoms with Gasteiger partial charge < -0.3 is 4.74 Å². The number of aromatic nitrogens is 1. The summed E-state index contributed by atoms with van der Waals surface area (Å²) in [6.45, 7) is 1.20. The lowest BCUT2D eigenvalue weighted by atomic mass is 9.98. The van der Waals surface area contributed by atoms with Crippen molar-refractivity contribution in [3.63, 3.8) is 0 Å². The van der Waals surface area contributed by atoms with Crippen LogP contribution in [0.15, 0.2) is 48.7 Å². The zero-order chi connectivity index (χ0) is 19.8. The van der Waals surface area contributed by atoms with Crippen molar-refractivity contribution in [2.45, 2.75) is 13.1 Å². The third-order valence-corrected chi connectivity index (χ3v) is 4.16. The number of pyridine rings is 1. The Morgan fingerprint density at radius 2 is 1.63 bits per heavy atom. The average Bonchev–Trinajstić information content (AvgIpc) is 2.61. The highest BCUT2D eigenvalue weighted by atomic mass is 19.4. The molecule has 0 aliphatic rings. The Kier molecular flexibility index (Phi) is 4.87. The molecule has 0 spiro atoms. The van der Waals surface area contributed by atoms with Crippen LogP contribution in [0.1, 0.15) is 11.1 Å². The van der Waals surface area contributed by atoms with Crippen LogP contribution in [-0.4, -0.2) is 12.1 Å². The van der Waals surface area contributed by atoms with Gasteiger partial charge in [-0.3, -0.25) is 4.98 Å². The van der Waals surface area contributed by atoms with E-state index in [2.05, 4.69) is 4.98 Å². The normalized spacial score (nSPS) is 11.5. The quantitative estimate of drug-likeness (QED) is 0.519. The monoisotopic (exact) mass is 379 g/mol. The van der Waals surface area contributed by atoms with Crippen LogP contribution in [0, 0.1) is 18.6 Å². The summed E-state index contributed by atoms with van der Waals surface area (Å²) in [4.78, 5) is 4.07. The first kappa shape index (κ1) is 18.8. The molecule has 0 saturated carbocycles. The lowest BCUT2D eigenvalue weighted by molar-refractivity contribution is -0.140. The lowest BCUT2D eigenvalue weighted by Gasteiger charge is -2.14. The van der Waals surface area contributed by atoms with E-state index in [1.807, 2.05) is 0 Å². The molecule has 0 fully saturated rings. The number of nitrogens with zero attached hydrogens (tertiary/aromatic N) is 1. The smallest absolute Gasteiger partial charge is 0.419 e. The third-order valence-electron chi connectivity index (χ3n) is 4.16. The van der Waals surface area contributed by atoms with E-state index < -0.39 is 23.4 Å². The van der Waals surface area contributed by atoms with Gasteiger partial charge in [0.05, 0.1) is 18.4 Å². The van der Waals surface area contributed by atoms with Crippen molar-refractivity contribution < 1.29 is 26.7 Å². The molecule has 0 unspecified atom stereocenters. The maximum atomic E-state index is 14.5.